The first-order chi connectivity index (χ1) is 8.47. The first-order valence-corrected chi connectivity index (χ1v) is 6.47. The van der Waals surface area contributed by atoms with E-state index in [4.69, 9.17) is 14.2 Å². The van der Waals surface area contributed by atoms with E-state index in [0.29, 0.717) is 18.4 Å². The summed E-state index contributed by atoms with van der Waals surface area (Å²) >= 11 is 0. The summed E-state index contributed by atoms with van der Waals surface area (Å²) in [5.74, 6) is 0.990. The van der Waals surface area contributed by atoms with Crippen LogP contribution in [0.3, 0.4) is 0 Å². The predicted molar refractivity (Wildman–Crippen MR) is 66.2 cm³/mol. The van der Waals surface area contributed by atoms with Crippen LogP contribution in [0.5, 0.6) is 0 Å². The van der Waals surface area contributed by atoms with Crippen LogP contribution in [0.15, 0.2) is 4.99 Å². The van der Waals surface area contributed by atoms with Crippen LogP contribution in [-0.4, -0.2) is 36.9 Å². The lowest BCUT2D eigenvalue weighted by atomic mass is 9.88. The Morgan fingerprint density at radius 2 is 2.17 bits per heavy atom. The molecule has 0 aromatic carbocycles. The van der Waals surface area contributed by atoms with Crippen molar-refractivity contribution in [3.05, 3.63) is 0 Å². The Hall–Kier alpha value is -1.10. The molecular formula is C13H21NO4. The van der Waals surface area contributed by atoms with Gasteiger partial charge in [-0.25, -0.2) is 4.99 Å². The molecule has 2 aliphatic rings. The average Bonchev–Trinajstić information content (AvgIpc) is 2.62. The second-order valence-corrected chi connectivity index (χ2v) is 5.35. The smallest absolute Gasteiger partial charge is 0.302 e. The third-order valence-electron chi connectivity index (χ3n) is 3.42. The van der Waals surface area contributed by atoms with Gasteiger partial charge in [0, 0.05) is 13.8 Å². The van der Waals surface area contributed by atoms with Gasteiger partial charge in [-0.1, -0.05) is 13.8 Å². The number of aliphatic imine (C=N–C) groups is 1. The number of rotatable bonds is 1. The number of ether oxygens (including phenoxy) is 3. The van der Waals surface area contributed by atoms with E-state index in [1.54, 1.807) is 6.92 Å². The van der Waals surface area contributed by atoms with E-state index in [0.717, 1.165) is 6.42 Å². The van der Waals surface area contributed by atoms with E-state index in [9.17, 15) is 4.79 Å². The first-order valence-electron chi connectivity index (χ1n) is 6.47. The SMILES string of the molecule is CC(=O)OC1C2N=C(C)O[C@@H]2OCC(C)C[C@@H]1C. The molecule has 0 bridgehead atoms. The summed E-state index contributed by atoms with van der Waals surface area (Å²) in [5, 5.41) is 0. The van der Waals surface area contributed by atoms with E-state index < -0.39 is 6.29 Å². The topological polar surface area (TPSA) is 57.1 Å². The molecule has 1 fully saturated rings. The van der Waals surface area contributed by atoms with Gasteiger partial charge >= 0.3 is 5.97 Å². The number of esters is 1. The summed E-state index contributed by atoms with van der Waals surface area (Å²) in [7, 11) is 0. The number of carbonyl (C=O) groups excluding carboxylic acids is 1. The maximum absolute atomic E-state index is 11.3. The van der Waals surface area contributed by atoms with E-state index in [2.05, 4.69) is 18.8 Å². The summed E-state index contributed by atoms with van der Waals surface area (Å²) in [4.78, 5) is 15.7. The fraction of sp³-hybridized carbons (Fsp3) is 0.846. The molecule has 102 valence electrons. The summed E-state index contributed by atoms with van der Waals surface area (Å²) in [6, 6.07) is -0.239. The molecule has 0 aromatic heterocycles. The number of nitrogens with zero attached hydrogens (tertiary/aromatic N) is 1. The molecule has 0 aromatic rings. The van der Waals surface area contributed by atoms with Crippen molar-refractivity contribution >= 4 is 11.9 Å². The molecule has 18 heavy (non-hydrogen) atoms. The van der Waals surface area contributed by atoms with Crippen LogP contribution in [0.1, 0.15) is 34.1 Å². The van der Waals surface area contributed by atoms with Gasteiger partial charge in [0.15, 0.2) is 11.9 Å². The standard InChI is InChI=1S/C13H21NO4/c1-7-5-8(2)12(18-10(4)15)11-13(16-6-7)17-9(3)14-11/h7-8,11-13H,5-6H2,1-4H3/t7?,8-,11?,12?,13-/m0/s1. The van der Waals surface area contributed by atoms with Crippen molar-refractivity contribution in [2.24, 2.45) is 16.8 Å². The molecule has 0 amide bonds. The zero-order valence-corrected chi connectivity index (χ0v) is 11.4. The fourth-order valence-corrected chi connectivity index (χ4v) is 2.71. The molecule has 1 saturated heterocycles. The summed E-state index contributed by atoms with van der Waals surface area (Å²) < 4.78 is 16.7. The molecular weight excluding hydrogens is 234 g/mol. The van der Waals surface area contributed by atoms with Crippen LogP contribution in [0.4, 0.5) is 0 Å². The highest BCUT2D eigenvalue weighted by atomic mass is 16.7. The minimum Gasteiger partial charge on any atom is -0.460 e. The van der Waals surface area contributed by atoms with Crippen molar-refractivity contribution in [3.8, 4) is 0 Å². The minimum atomic E-state index is -0.417. The maximum Gasteiger partial charge on any atom is 0.302 e. The molecule has 2 rings (SSSR count). The van der Waals surface area contributed by atoms with Crippen molar-refractivity contribution in [3.63, 3.8) is 0 Å². The summed E-state index contributed by atoms with van der Waals surface area (Å²) in [6.45, 7) is 8.10. The molecule has 5 atom stereocenters. The Morgan fingerprint density at radius 3 is 2.83 bits per heavy atom. The number of hydrogen-bond acceptors (Lipinski definition) is 5. The predicted octanol–water partition coefficient (Wildman–Crippen LogP) is 1.75. The van der Waals surface area contributed by atoms with E-state index >= 15 is 0 Å². The van der Waals surface area contributed by atoms with Crippen LogP contribution >= 0.6 is 0 Å². The molecule has 0 aliphatic carbocycles. The fourth-order valence-electron chi connectivity index (χ4n) is 2.71. The Morgan fingerprint density at radius 1 is 1.44 bits per heavy atom. The van der Waals surface area contributed by atoms with Gasteiger partial charge in [0.2, 0.25) is 6.29 Å². The maximum atomic E-state index is 11.3. The average molecular weight is 255 g/mol. The molecule has 5 nitrogen and oxygen atoms in total. The van der Waals surface area contributed by atoms with Crippen molar-refractivity contribution in [2.75, 3.05) is 6.61 Å². The van der Waals surface area contributed by atoms with Crippen LogP contribution in [0, 0.1) is 11.8 Å². The second kappa shape index (κ2) is 5.26. The number of carbonyl (C=O) groups is 1. The van der Waals surface area contributed by atoms with Crippen LogP contribution in [0.2, 0.25) is 0 Å². The van der Waals surface area contributed by atoms with Crippen LogP contribution < -0.4 is 0 Å². The Kier molecular flexibility index (Phi) is 3.90. The zero-order chi connectivity index (χ0) is 13.3. The lowest BCUT2D eigenvalue weighted by Crippen LogP contribution is -2.45. The third-order valence-corrected chi connectivity index (χ3v) is 3.42. The van der Waals surface area contributed by atoms with Gasteiger partial charge < -0.3 is 14.2 Å². The van der Waals surface area contributed by atoms with E-state index in [1.165, 1.54) is 6.92 Å². The van der Waals surface area contributed by atoms with E-state index in [-0.39, 0.29) is 24.0 Å². The minimum absolute atomic E-state index is 0.239. The van der Waals surface area contributed by atoms with Gasteiger partial charge in [-0.3, -0.25) is 4.79 Å². The van der Waals surface area contributed by atoms with Crippen LogP contribution in [-0.2, 0) is 19.0 Å². The van der Waals surface area contributed by atoms with Gasteiger partial charge in [-0.05, 0) is 18.3 Å². The zero-order valence-electron chi connectivity index (χ0n) is 11.4. The molecule has 2 aliphatic heterocycles. The molecule has 0 radical (unpaired) electrons. The molecule has 5 heteroatoms. The third kappa shape index (κ3) is 2.83. The van der Waals surface area contributed by atoms with E-state index in [1.807, 2.05) is 0 Å². The normalized spacial score (nSPS) is 40.0. The lowest BCUT2D eigenvalue weighted by molar-refractivity contribution is -0.167. The monoisotopic (exact) mass is 255 g/mol. The highest BCUT2D eigenvalue weighted by Crippen LogP contribution is 2.31. The van der Waals surface area contributed by atoms with Gasteiger partial charge in [-0.2, -0.15) is 0 Å². The first kappa shape index (κ1) is 13.3. The molecule has 0 spiro atoms. The largest absolute Gasteiger partial charge is 0.460 e. The quantitative estimate of drug-likeness (QED) is 0.670. The number of fused-ring (bicyclic) bond motifs is 1. The van der Waals surface area contributed by atoms with Gasteiger partial charge in [0.05, 0.1) is 6.61 Å². The lowest BCUT2D eigenvalue weighted by Gasteiger charge is -2.34. The summed E-state index contributed by atoms with van der Waals surface area (Å²) in [5.41, 5.74) is 0. The Balaban J connectivity index is 2.20. The molecule has 3 unspecified atom stereocenters. The highest BCUT2D eigenvalue weighted by molar-refractivity contribution is 5.75. The van der Waals surface area contributed by atoms with Gasteiger partial charge in [-0.15, -0.1) is 0 Å². The van der Waals surface area contributed by atoms with Crippen molar-refractivity contribution in [1.29, 1.82) is 0 Å². The van der Waals surface area contributed by atoms with Crippen LogP contribution in [0.25, 0.3) is 0 Å². The van der Waals surface area contributed by atoms with Gasteiger partial charge in [0.25, 0.3) is 0 Å². The molecule has 2 heterocycles. The molecule has 0 saturated carbocycles. The summed E-state index contributed by atoms with van der Waals surface area (Å²) in [6.07, 6.45) is 0.266. The van der Waals surface area contributed by atoms with Crippen molar-refractivity contribution in [1.82, 2.24) is 0 Å². The Bertz CT molecular complexity index is 355. The van der Waals surface area contributed by atoms with Crippen molar-refractivity contribution < 1.29 is 19.0 Å². The Labute approximate surface area is 108 Å². The highest BCUT2D eigenvalue weighted by Gasteiger charge is 2.43. The number of hydrogen-bond donors (Lipinski definition) is 0. The van der Waals surface area contributed by atoms with Crippen molar-refractivity contribution in [2.45, 2.75) is 52.6 Å². The molecule has 0 N–H and O–H groups in total. The second-order valence-electron chi connectivity index (χ2n) is 5.35. The van der Waals surface area contributed by atoms with Gasteiger partial charge in [0.1, 0.15) is 6.10 Å².